The molecule has 1 saturated heterocycles. The molecule has 1 N–H and O–H groups in total. The predicted molar refractivity (Wildman–Crippen MR) is 107 cm³/mol. The maximum Gasteiger partial charge on any atom is 0.262 e. The molecule has 9 heteroatoms. The van der Waals surface area contributed by atoms with Gasteiger partial charge in [-0.2, -0.15) is 0 Å². The van der Waals surface area contributed by atoms with Gasteiger partial charge in [-0.05, 0) is 47.4 Å². The molecule has 5 rings (SSSR count). The first-order valence-electron chi connectivity index (χ1n) is 8.73. The molecule has 0 aliphatic carbocycles. The Labute approximate surface area is 168 Å². The van der Waals surface area contributed by atoms with Crippen LogP contribution < -0.4 is 5.32 Å². The molecule has 0 radical (unpaired) electrons. The van der Waals surface area contributed by atoms with E-state index in [9.17, 15) is 4.79 Å². The summed E-state index contributed by atoms with van der Waals surface area (Å²) in [7, 11) is 0. The molecule has 1 fully saturated rings. The third-order valence-corrected chi connectivity index (χ3v) is 6.54. The standard InChI is InChI=1S/C19H15ClN4O3S/c1-8-14-15(10-3-4-12-13(5-10)24-27-23-12)17(18(25)22-11-6-26-7-11)28-19(14)21-9(2)16(8)20/h3-5,11H,6-7H2,1-2H3,(H,22,25). The van der Waals surface area contributed by atoms with Crippen LogP contribution >= 0.6 is 22.9 Å². The monoisotopic (exact) mass is 414 g/mol. The van der Waals surface area contributed by atoms with Gasteiger partial charge in [0.15, 0.2) is 0 Å². The van der Waals surface area contributed by atoms with Gasteiger partial charge in [0.1, 0.15) is 20.7 Å². The van der Waals surface area contributed by atoms with Gasteiger partial charge in [-0.25, -0.2) is 9.61 Å². The first kappa shape index (κ1) is 17.5. The van der Waals surface area contributed by atoms with E-state index in [-0.39, 0.29) is 11.9 Å². The zero-order chi connectivity index (χ0) is 19.4. The van der Waals surface area contributed by atoms with Gasteiger partial charge in [-0.15, -0.1) is 11.3 Å². The lowest BCUT2D eigenvalue weighted by Gasteiger charge is -2.26. The Balaban J connectivity index is 1.76. The van der Waals surface area contributed by atoms with E-state index >= 15 is 0 Å². The Morgan fingerprint density at radius 2 is 2.04 bits per heavy atom. The lowest BCUT2D eigenvalue weighted by molar-refractivity contribution is -0.00337. The summed E-state index contributed by atoms with van der Waals surface area (Å²) in [5.74, 6) is -0.141. The van der Waals surface area contributed by atoms with Gasteiger partial charge in [0.05, 0.1) is 30.0 Å². The highest BCUT2D eigenvalue weighted by molar-refractivity contribution is 7.21. The number of nitrogens with zero attached hydrogens (tertiary/aromatic N) is 3. The van der Waals surface area contributed by atoms with Crippen molar-refractivity contribution >= 4 is 50.1 Å². The molecule has 1 amide bonds. The number of carbonyl (C=O) groups is 1. The summed E-state index contributed by atoms with van der Waals surface area (Å²) in [4.78, 5) is 19.0. The van der Waals surface area contributed by atoms with Crippen molar-refractivity contribution in [2.45, 2.75) is 19.9 Å². The molecular weight excluding hydrogens is 400 g/mol. The maximum absolute atomic E-state index is 13.0. The summed E-state index contributed by atoms with van der Waals surface area (Å²) in [5, 5.41) is 12.3. The molecule has 7 nitrogen and oxygen atoms in total. The second-order valence-corrected chi connectivity index (χ2v) is 8.18. The fourth-order valence-electron chi connectivity index (χ4n) is 3.37. The minimum atomic E-state index is -0.141. The van der Waals surface area contributed by atoms with Crippen molar-refractivity contribution in [1.29, 1.82) is 0 Å². The number of benzene rings is 1. The second-order valence-electron chi connectivity index (χ2n) is 6.80. The highest BCUT2D eigenvalue weighted by atomic mass is 35.5. The summed E-state index contributed by atoms with van der Waals surface area (Å²) in [6.45, 7) is 4.88. The molecule has 1 aromatic carbocycles. The summed E-state index contributed by atoms with van der Waals surface area (Å²) in [6.07, 6.45) is 0. The number of halogens is 1. The fraction of sp³-hybridized carbons (Fsp3) is 0.263. The molecule has 3 aromatic heterocycles. The summed E-state index contributed by atoms with van der Waals surface area (Å²) < 4.78 is 9.98. The third-order valence-electron chi connectivity index (χ3n) is 4.90. The van der Waals surface area contributed by atoms with Crippen LogP contribution in [0.15, 0.2) is 22.8 Å². The molecule has 0 atom stereocenters. The van der Waals surface area contributed by atoms with Crippen LogP contribution in [0, 0.1) is 13.8 Å². The SMILES string of the molecule is Cc1nc2sc(C(=O)NC3COC3)c(-c3ccc4nonc4c3)c2c(C)c1Cl. The van der Waals surface area contributed by atoms with Crippen molar-refractivity contribution in [2.24, 2.45) is 0 Å². The Hall–Kier alpha value is -2.55. The molecule has 0 unspecified atom stereocenters. The maximum atomic E-state index is 13.0. The number of amides is 1. The Morgan fingerprint density at radius 3 is 2.79 bits per heavy atom. The highest BCUT2D eigenvalue weighted by Crippen LogP contribution is 2.42. The van der Waals surface area contributed by atoms with Crippen LogP contribution in [0.2, 0.25) is 5.02 Å². The van der Waals surface area contributed by atoms with E-state index in [4.69, 9.17) is 21.0 Å². The molecule has 28 heavy (non-hydrogen) atoms. The second kappa shape index (κ2) is 6.51. The van der Waals surface area contributed by atoms with Crippen LogP contribution in [-0.2, 0) is 4.74 Å². The van der Waals surface area contributed by atoms with Crippen LogP contribution in [0.3, 0.4) is 0 Å². The first-order chi connectivity index (χ1) is 13.5. The lowest BCUT2D eigenvalue weighted by atomic mass is 9.99. The quantitative estimate of drug-likeness (QED) is 0.546. The number of aromatic nitrogens is 3. The van der Waals surface area contributed by atoms with Crippen molar-refractivity contribution in [3.05, 3.63) is 39.4 Å². The van der Waals surface area contributed by atoms with E-state index in [1.807, 2.05) is 32.0 Å². The summed E-state index contributed by atoms with van der Waals surface area (Å²) in [5.41, 5.74) is 4.57. The van der Waals surface area contributed by atoms with Crippen molar-refractivity contribution in [1.82, 2.24) is 20.6 Å². The normalized spacial score (nSPS) is 14.5. The molecule has 1 aliphatic heterocycles. The van der Waals surface area contributed by atoms with Gasteiger partial charge in [-0.3, -0.25) is 4.79 Å². The molecule has 4 aromatic rings. The van der Waals surface area contributed by atoms with Crippen molar-refractivity contribution in [3.8, 4) is 11.1 Å². The van der Waals surface area contributed by atoms with Gasteiger partial charge in [0, 0.05) is 10.9 Å². The number of pyridine rings is 1. The van der Waals surface area contributed by atoms with Crippen LogP contribution in [0.4, 0.5) is 0 Å². The number of carbonyl (C=O) groups excluding carboxylic acids is 1. The summed E-state index contributed by atoms with van der Waals surface area (Å²) in [6, 6.07) is 5.63. The number of aryl methyl sites for hydroxylation is 2. The number of fused-ring (bicyclic) bond motifs is 2. The van der Waals surface area contributed by atoms with Gasteiger partial charge < -0.3 is 10.1 Å². The number of thiophene rings is 1. The topological polar surface area (TPSA) is 90.1 Å². The lowest BCUT2D eigenvalue weighted by Crippen LogP contribution is -2.48. The van der Waals surface area contributed by atoms with E-state index in [0.717, 1.165) is 32.6 Å². The van der Waals surface area contributed by atoms with E-state index in [1.165, 1.54) is 11.3 Å². The van der Waals surface area contributed by atoms with Crippen LogP contribution in [0.5, 0.6) is 0 Å². The Kier molecular flexibility index (Phi) is 4.08. The van der Waals surface area contributed by atoms with Gasteiger partial charge in [0.25, 0.3) is 5.91 Å². The fourth-order valence-corrected chi connectivity index (χ4v) is 4.71. The number of hydrogen-bond donors (Lipinski definition) is 1. The molecule has 4 heterocycles. The Bertz CT molecular complexity index is 1250. The molecule has 0 saturated carbocycles. The molecule has 0 spiro atoms. The van der Waals surface area contributed by atoms with E-state index in [0.29, 0.717) is 34.1 Å². The zero-order valence-corrected chi connectivity index (χ0v) is 16.6. The molecule has 0 bridgehead atoms. The number of hydrogen-bond acceptors (Lipinski definition) is 7. The van der Waals surface area contributed by atoms with Gasteiger partial charge in [-0.1, -0.05) is 17.7 Å². The largest absolute Gasteiger partial charge is 0.377 e. The van der Waals surface area contributed by atoms with Crippen LogP contribution in [0.25, 0.3) is 32.4 Å². The van der Waals surface area contributed by atoms with E-state index in [2.05, 4.69) is 20.6 Å². The molecule has 142 valence electrons. The minimum absolute atomic E-state index is 0.0344. The van der Waals surface area contributed by atoms with Crippen LogP contribution in [-0.4, -0.2) is 40.5 Å². The zero-order valence-electron chi connectivity index (χ0n) is 15.1. The smallest absolute Gasteiger partial charge is 0.262 e. The first-order valence-corrected chi connectivity index (χ1v) is 9.93. The third kappa shape index (κ3) is 2.68. The minimum Gasteiger partial charge on any atom is -0.377 e. The van der Waals surface area contributed by atoms with Crippen molar-refractivity contribution < 1.29 is 14.2 Å². The van der Waals surface area contributed by atoms with Crippen molar-refractivity contribution in [2.75, 3.05) is 13.2 Å². The van der Waals surface area contributed by atoms with Crippen molar-refractivity contribution in [3.63, 3.8) is 0 Å². The summed E-state index contributed by atoms with van der Waals surface area (Å²) >= 11 is 7.85. The average molecular weight is 415 g/mol. The number of ether oxygens (including phenoxy) is 1. The number of nitrogens with one attached hydrogen (secondary N) is 1. The highest BCUT2D eigenvalue weighted by Gasteiger charge is 2.27. The van der Waals surface area contributed by atoms with E-state index < -0.39 is 0 Å². The van der Waals surface area contributed by atoms with Crippen LogP contribution in [0.1, 0.15) is 20.9 Å². The predicted octanol–water partition coefficient (Wildman–Crippen LogP) is 3.90. The van der Waals surface area contributed by atoms with Gasteiger partial charge >= 0.3 is 0 Å². The van der Waals surface area contributed by atoms with Gasteiger partial charge in [0.2, 0.25) is 0 Å². The number of rotatable bonds is 3. The molecule has 1 aliphatic rings. The Morgan fingerprint density at radius 1 is 1.25 bits per heavy atom. The molecular formula is C19H15ClN4O3S. The van der Waals surface area contributed by atoms with E-state index in [1.54, 1.807) is 0 Å². The average Bonchev–Trinajstić information content (AvgIpc) is 3.26.